The van der Waals surface area contributed by atoms with Crippen molar-refractivity contribution in [3.05, 3.63) is 53.6 Å². The molecule has 2 rings (SSSR count). The van der Waals surface area contributed by atoms with Crippen LogP contribution < -0.4 is 5.32 Å². The third kappa shape index (κ3) is 12.8. The molecule has 0 heterocycles. The Morgan fingerprint density at radius 1 is 0.884 bits per heavy atom. The van der Waals surface area contributed by atoms with Crippen LogP contribution in [0.15, 0.2) is 52.7 Å². The molecule has 0 unspecified atom stereocenters. The SMILES string of the molecule is COC(=O)CCCCNC(=O)c1cc(/N=N/c2ccc(COC(=O)N(C)CCN(C)C(=O)OC(C)(C)C)cc2)ccc1O. The number of benzene rings is 2. The molecule has 2 N–H and O–H groups in total. The van der Waals surface area contributed by atoms with Crippen molar-refractivity contribution in [2.24, 2.45) is 10.2 Å². The molecule has 0 aliphatic rings. The number of esters is 1. The molecule has 234 valence electrons. The molecule has 0 aliphatic heterocycles. The molecule has 0 saturated carbocycles. The summed E-state index contributed by atoms with van der Waals surface area (Å²) in [7, 11) is 4.51. The molecular weight excluding hydrogens is 558 g/mol. The molecule has 13 nitrogen and oxygen atoms in total. The van der Waals surface area contributed by atoms with Gasteiger partial charge in [-0.05, 0) is 69.5 Å². The number of azo groups is 1. The Labute approximate surface area is 251 Å². The predicted molar refractivity (Wildman–Crippen MR) is 159 cm³/mol. The fourth-order valence-electron chi connectivity index (χ4n) is 3.41. The van der Waals surface area contributed by atoms with Gasteiger partial charge in [-0.2, -0.15) is 10.2 Å². The van der Waals surface area contributed by atoms with Gasteiger partial charge < -0.3 is 34.4 Å². The van der Waals surface area contributed by atoms with Crippen molar-refractivity contribution < 1.29 is 38.5 Å². The van der Waals surface area contributed by atoms with Gasteiger partial charge in [-0.25, -0.2) is 9.59 Å². The van der Waals surface area contributed by atoms with E-state index in [0.29, 0.717) is 30.8 Å². The largest absolute Gasteiger partial charge is 0.507 e. The van der Waals surface area contributed by atoms with E-state index in [0.717, 1.165) is 5.56 Å². The first-order chi connectivity index (χ1) is 20.3. The quantitative estimate of drug-likeness (QED) is 0.135. The zero-order valence-corrected chi connectivity index (χ0v) is 25.6. The molecule has 3 amide bonds. The molecular formula is C30H41N5O8. The topological polar surface area (TPSA) is 159 Å². The van der Waals surface area contributed by atoms with Crippen LogP contribution in [-0.4, -0.2) is 85.4 Å². The monoisotopic (exact) mass is 599 g/mol. The van der Waals surface area contributed by atoms with Crippen LogP contribution in [0, 0.1) is 0 Å². The summed E-state index contributed by atoms with van der Waals surface area (Å²) in [5.41, 5.74) is 1.09. The number of methoxy groups -OCH3 is 1. The first kappa shape index (κ1) is 34.5. The van der Waals surface area contributed by atoms with Crippen molar-refractivity contribution in [1.82, 2.24) is 15.1 Å². The van der Waals surface area contributed by atoms with Gasteiger partial charge in [0.15, 0.2) is 0 Å². The normalized spacial score (nSPS) is 11.1. The highest BCUT2D eigenvalue weighted by Gasteiger charge is 2.20. The van der Waals surface area contributed by atoms with Crippen molar-refractivity contribution in [3.63, 3.8) is 0 Å². The summed E-state index contributed by atoms with van der Waals surface area (Å²) in [6, 6.07) is 11.2. The number of nitrogens with zero attached hydrogens (tertiary/aromatic N) is 4. The number of phenolic OH excluding ortho intramolecular Hbond substituents is 1. The van der Waals surface area contributed by atoms with Gasteiger partial charge in [0.2, 0.25) is 0 Å². The molecule has 0 aliphatic carbocycles. The van der Waals surface area contributed by atoms with Crippen LogP contribution in [0.25, 0.3) is 0 Å². The summed E-state index contributed by atoms with van der Waals surface area (Å²) in [5.74, 6) is -0.959. The second kappa shape index (κ2) is 16.7. The molecule has 0 bridgehead atoms. The van der Waals surface area contributed by atoms with Crippen LogP contribution in [0.5, 0.6) is 5.75 Å². The first-order valence-electron chi connectivity index (χ1n) is 13.8. The smallest absolute Gasteiger partial charge is 0.410 e. The number of carbonyl (C=O) groups is 4. The molecule has 0 fully saturated rings. The number of nitrogens with one attached hydrogen (secondary N) is 1. The third-order valence-electron chi connectivity index (χ3n) is 5.91. The standard InChI is InChI=1S/C30H41N5O8/c1-30(2,3)43-29(40)35(5)18-17-34(4)28(39)42-20-21-10-12-22(13-11-21)32-33-23-14-15-25(36)24(19-23)27(38)31-16-8-7-9-26(37)41-6/h10-15,19,36H,7-9,16-18,20H2,1-6H3,(H,31,38)/b33-32+. The third-order valence-corrected chi connectivity index (χ3v) is 5.91. The number of aromatic hydroxyl groups is 1. The maximum atomic E-state index is 12.5. The van der Waals surface area contributed by atoms with Crippen LogP contribution >= 0.6 is 0 Å². The van der Waals surface area contributed by atoms with E-state index in [2.05, 4.69) is 20.3 Å². The van der Waals surface area contributed by atoms with E-state index in [1.54, 1.807) is 59.1 Å². The number of unbranched alkanes of at least 4 members (excludes halogenated alkanes) is 1. The van der Waals surface area contributed by atoms with Crippen LogP contribution in [-0.2, 0) is 25.6 Å². The van der Waals surface area contributed by atoms with Crippen molar-refractivity contribution in [1.29, 1.82) is 0 Å². The van der Waals surface area contributed by atoms with Crippen molar-refractivity contribution in [2.75, 3.05) is 40.8 Å². The number of likely N-dealkylation sites (N-methyl/N-ethyl adjacent to an activating group) is 2. The zero-order chi connectivity index (χ0) is 32.0. The van der Waals surface area contributed by atoms with Gasteiger partial charge in [0.05, 0.1) is 24.0 Å². The van der Waals surface area contributed by atoms with Crippen LogP contribution in [0.1, 0.15) is 56.0 Å². The molecule has 43 heavy (non-hydrogen) atoms. The fraction of sp³-hybridized carbons (Fsp3) is 0.467. The Bertz CT molecular complexity index is 1270. The Hall–Kier alpha value is -4.68. The van der Waals surface area contributed by atoms with Gasteiger partial charge in [0.25, 0.3) is 5.91 Å². The zero-order valence-electron chi connectivity index (χ0n) is 25.6. The average Bonchev–Trinajstić information content (AvgIpc) is 2.97. The molecule has 0 atom stereocenters. The van der Waals surface area contributed by atoms with Crippen molar-refractivity contribution in [2.45, 2.75) is 52.2 Å². The number of ether oxygens (including phenoxy) is 3. The van der Waals surface area contributed by atoms with Gasteiger partial charge in [-0.1, -0.05) is 12.1 Å². The molecule has 0 radical (unpaired) electrons. The molecule has 0 saturated heterocycles. The fourth-order valence-corrected chi connectivity index (χ4v) is 3.41. The minimum atomic E-state index is -0.601. The van der Waals surface area contributed by atoms with E-state index in [1.807, 2.05) is 0 Å². The highest BCUT2D eigenvalue weighted by molar-refractivity contribution is 5.97. The number of carbonyl (C=O) groups excluding carboxylic acids is 4. The Morgan fingerprint density at radius 3 is 2.12 bits per heavy atom. The second-order valence-electron chi connectivity index (χ2n) is 10.7. The Kier molecular flexibility index (Phi) is 13.4. The molecule has 13 heteroatoms. The Morgan fingerprint density at radius 2 is 1.49 bits per heavy atom. The second-order valence-corrected chi connectivity index (χ2v) is 10.7. The summed E-state index contributed by atoms with van der Waals surface area (Å²) in [4.78, 5) is 50.8. The lowest BCUT2D eigenvalue weighted by Gasteiger charge is -2.26. The molecule has 0 spiro atoms. The Balaban J connectivity index is 1.83. The van der Waals surface area contributed by atoms with Gasteiger partial charge in [0, 0.05) is 40.2 Å². The minimum Gasteiger partial charge on any atom is -0.507 e. The maximum Gasteiger partial charge on any atom is 0.410 e. The lowest BCUT2D eigenvalue weighted by atomic mass is 10.1. The highest BCUT2D eigenvalue weighted by Crippen LogP contribution is 2.25. The predicted octanol–water partition coefficient (Wildman–Crippen LogP) is 5.32. The summed E-state index contributed by atoms with van der Waals surface area (Å²) in [6.07, 6.45) is 0.424. The van der Waals surface area contributed by atoms with Crippen molar-refractivity contribution in [3.8, 4) is 5.75 Å². The van der Waals surface area contributed by atoms with Crippen LogP contribution in [0.2, 0.25) is 0 Å². The summed E-state index contributed by atoms with van der Waals surface area (Å²) >= 11 is 0. The lowest BCUT2D eigenvalue weighted by molar-refractivity contribution is -0.140. The summed E-state index contributed by atoms with van der Waals surface area (Å²) < 4.78 is 15.2. The number of hydrogen-bond donors (Lipinski definition) is 2. The number of phenols is 1. The molecule has 0 aromatic heterocycles. The molecule has 2 aromatic rings. The van der Waals surface area contributed by atoms with Gasteiger partial charge >= 0.3 is 18.2 Å². The molecule has 2 aromatic carbocycles. The van der Waals surface area contributed by atoms with E-state index >= 15 is 0 Å². The number of amides is 3. The average molecular weight is 600 g/mol. The number of rotatable bonds is 13. The summed E-state index contributed by atoms with van der Waals surface area (Å²) in [6.45, 7) is 6.29. The van der Waals surface area contributed by atoms with Gasteiger partial charge in [-0.3, -0.25) is 9.59 Å². The van der Waals surface area contributed by atoms with Gasteiger partial charge in [-0.15, -0.1) is 0 Å². The first-order valence-corrected chi connectivity index (χ1v) is 13.8. The maximum absolute atomic E-state index is 12.5. The van der Waals surface area contributed by atoms with E-state index in [9.17, 15) is 24.3 Å². The summed E-state index contributed by atoms with van der Waals surface area (Å²) in [5, 5.41) is 21.1. The van der Waals surface area contributed by atoms with E-state index in [4.69, 9.17) is 9.47 Å². The van der Waals surface area contributed by atoms with E-state index < -0.39 is 23.7 Å². The van der Waals surface area contributed by atoms with E-state index in [-0.39, 0.29) is 43.4 Å². The lowest BCUT2D eigenvalue weighted by Crippen LogP contribution is -2.40. The van der Waals surface area contributed by atoms with Crippen molar-refractivity contribution >= 4 is 35.4 Å². The van der Waals surface area contributed by atoms with Gasteiger partial charge in [0.1, 0.15) is 18.0 Å². The number of hydrogen-bond acceptors (Lipinski definition) is 10. The minimum absolute atomic E-state index is 0.0433. The highest BCUT2D eigenvalue weighted by atomic mass is 16.6. The van der Waals surface area contributed by atoms with Crippen LogP contribution in [0.3, 0.4) is 0 Å². The van der Waals surface area contributed by atoms with E-state index in [1.165, 1.54) is 35.1 Å². The van der Waals surface area contributed by atoms with Crippen LogP contribution in [0.4, 0.5) is 21.0 Å².